The van der Waals surface area contributed by atoms with Crippen molar-refractivity contribution in [1.82, 2.24) is 24.6 Å². The Bertz CT molecular complexity index is 1590. The Morgan fingerprint density at radius 3 is 2.70 bits per heavy atom. The number of aliphatic imine (C=N–C) groups is 1. The second-order valence-corrected chi connectivity index (χ2v) is 11.4. The molecule has 1 spiro atoms. The van der Waals surface area contributed by atoms with Crippen LogP contribution >= 0.6 is 11.6 Å². The third kappa shape index (κ3) is 4.25. The van der Waals surface area contributed by atoms with Crippen LogP contribution in [0.25, 0.3) is 11.0 Å². The summed E-state index contributed by atoms with van der Waals surface area (Å²) in [5.74, 6) is 0.996. The van der Waals surface area contributed by atoms with Crippen LogP contribution in [0, 0.1) is 5.92 Å². The number of rotatable bonds is 4. The maximum absolute atomic E-state index is 14.1. The van der Waals surface area contributed by atoms with E-state index in [1.807, 2.05) is 41.4 Å². The maximum atomic E-state index is 14.1. The van der Waals surface area contributed by atoms with E-state index >= 15 is 0 Å². The predicted octanol–water partition coefficient (Wildman–Crippen LogP) is 4.89. The number of fused-ring (bicyclic) bond motifs is 3. The molecule has 2 aromatic heterocycles. The van der Waals surface area contributed by atoms with Gasteiger partial charge in [-0.3, -0.25) is 9.79 Å². The quantitative estimate of drug-likeness (QED) is 0.359. The lowest BCUT2D eigenvalue weighted by Gasteiger charge is -2.46. The number of piperazine rings is 1. The number of carbonyl (C=O) groups is 1. The highest BCUT2D eigenvalue weighted by Gasteiger charge is 2.49. The second kappa shape index (κ2) is 10.3. The number of benzene rings is 2. The monoisotopic (exact) mass is 553 g/mol. The standard InChI is InChI=1S/C31H32ClN7O/c32-27-11-4-2-8-23(27)20-39-29-24(19-36-39)28(33-21-34-29)37-15-17-38(18-16-37)30(40)26-10-5-6-13-31(26)25-9-3-1-7-22(25)12-14-35-31/h1-4,7-9,11,14,19,21,26H,5-6,10,12-13,15-18,20H2. The normalized spacial score (nSPS) is 22.6. The maximum Gasteiger partial charge on any atom is 0.228 e. The van der Waals surface area contributed by atoms with Crippen molar-refractivity contribution in [2.75, 3.05) is 31.1 Å². The number of anilines is 1. The van der Waals surface area contributed by atoms with Crippen LogP contribution in [0.1, 0.15) is 42.4 Å². The van der Waals surface area contributed by atoms with Crippen molar-refractivity contribution in [3.63, 3.8) is 0 Å². The van der Waals surface area contributed by atoms with Crippen molar-refractivity contribution in [1.29, 1.82) is 0 Å². The van der Waals surface area contributed by atoms with Crippen molar-refractivity contribution in [2.24, 2.45) is 10.9 Å². The van der Waals surface area contributed by atoms with Gasteiger partial charge in [0, 0.05) is 43.8 Å². The molecule has 2 aliphatic heterocycles. The van der Waals surface area contributed by atoms with Crippen LogP contribution in [0.4, 0.5) is 5.82 Å². The van der Waals surface area contributed by atoms with Crippen LogP contribution in [0.5, 0.6) is 0 Å². The molecule has 2 unspecified atom stereocenters. The average molecular weight is 554 g/mol. The summed E-state index contributed by atoms with van der Waals surface area (Å²) in [7, 11) is 0. The van der Waals surface area contributed by atoms with Gasteiger partial charge in [0.25, 0.3) is 0 Å². The summed E-state index contributed by atoms with van der Waals surface area (Å²) in [6.07, 6.45) is 10.3. The van der Waals surface area contributed by atoms with Crippen molar-refractivity contribution < 1.29 is 4.79 Å². The number of hydrogen-bond donors (Lipinski definition) is 0. The first-order valence-corrected chi connectivity index (χ1v) is 14.6. The zero-order valence-corrected chi connectivity index (χ0v) is 23.2. The lowest BCUT2D eigenvalue weighted by atomic mass is 9.66. The molecule has 7 rings (SSSR count). The Morgan fingerprint density at radius 2 is 1.82 bits per heavy atom. The molecule has 1 saturated carbocycles. The third-order valence-corrected chi connectivity index (χ3v) is 9.24. The van der Waals surface area contributed by atoms with E-state index in [9.17, 15) is 4.79 Å². The van der Waals surface area contributed by atoms with Gasteiger partial charge in [0.15, 0.2) is 5.65 Å². The highest BCUT2D eigenvalue weighted by Crippen LogP contribution is 2.48. The van der Waals surface area contributed by atoms with Gasteiger partial charge in [-0.1, -0.05) is 66.9 Å². The molecule has 0 radical (unpaired) electrons. The summed E-state index contributed by atoms with van der Waals surface area (Å²) in [4.78, 5) is 32.6. The van der Waals surface area contributed by atoms with Gasteiger partial charge in [-0.25, -0.2) is 14.6 Å². The molecule has 3 aliphatic rings. The summed E-state index contributed by atoms with van der Waals surface area (Å²) in [6, 6.07) is 16.4. The largest absolute Gasteiger partial charge is 0.352 e. The first-order valence-electron chi connectivity index (χ1n) is 14.2. The van der Waals surface area contributed by atoms with Gasteiger partial charge in [0.05, 0.1) is 29.6 Å². The van der Waals surface area contributed by atoms with E-state index in [-0.39, 0.29) is 11.8 Å². The third-order valence-electron chi connectivity index (χ3n) is 8.87. The van der Waals surface area contributed by atoms with Crippen LogP contribution in [0.2, 0.25) is 5.02 Å². The van der Waals surface area contributed by atoms with Crippen LogP contribution in [0.15, 0.2) is 66.0 Å². The molecule has 204 valence electrons. The molecule has 1 aliphatic carbocycles. The number of amides is 1. The first-order chi connectivity index (χ1) is 19.6. The predicted molar refractivity (Wildman–Crippen MR) is 157 cm³/mol. The molecule has 9 heteroatoms. The Balaban J connectivity index is 1.09. The fourth-order valence-corrected chi connectivity index (χ4v) is 7.05. The molecule has 40 heavy (non-hydrogen) atoms. The van der Waals surface area contributed by atoms with Gasteiger partial charge in [0.2, 0.25) is 5.91 Å². The minimum Gasteiger partial charge on any atom is -0.352 e. The van der Waals surface area contributed by atoms with Gasteiger partial charge in [0.1, 0.15) is 12.1 Å². The van der Waals surface area contributed by atoms with Gasteiger partial charge >= 0.3 is 0 Å². The van der Waals surface area contributed by atoms with Gasteiger partial charge in [-0.15, -0.1) is 0 Å². The van der Waals surface area contributed by atoms with Crippen molar-refractivity contribution >= 4 is 40.6 Å². The summed E-state index contributed by atoms with van der Waals surface area (Å²) in [5.41, 5.74) is 3.92. The molecule has 2 fully saturated rings. The summed E-state index contributed by atoms with van der Waals surface area (Å²) in [6.45, 7) is 3.29. The van der Waals surface area contributed by atoms with Crippen LogP contribution < -0.4 is 4.90 Å². The molecule has 0 bridgehead atoms. The summed E-state index contributed by atoms with van der Waals surface area (Å²) < 4.78 is 1.87. The lowest BCUT2D eigenvalue weighted by molar-refractivity contribution is -0.139. The molecule has 1 saturated heterocycles. The van der Waals surface area contributed by atoms with E-state index in [1.54, 1.807) is 6.33 Å². The zero-order valence-electron chi connectivity index (χ0n) is 22.4. The molecule has 4 heterocycles. The Morgan fingerprint density at radius 1 is 1.00 bits per heavy atom. The van der Waals surface area contributed by atoms with Crippen molar-refractivity contribution in [3.05, 3.63) is 82.8 Å². The molecule has 4 aromatic rings. The van der Waals surface area contributed by atoms with Crippen LogP contribution in [-0.2, 0) is 23.3 Å². The van der Waals surface area contributed by atoms with E-state index in [4.69, 9.17) is 16.6 Å². The molecular weight excluding hydrogens is 522 g/mol. The van der Waals surface area contributed by atoms with Gasteiger partial charge in [-0.05, 0) is 35.6 Å². The highest BCUT2D eigenvalue weighted by molar-refractivity contribution is 6.31. The van der Waals surface area contributed by atoms with E-state index in [2.05, 4.69) is 49.1 Å². The molecule has 0 N–H and O–H groups in total. The van der Waals surface area contributed by atoms with E-state index < -0.39 is 5.54 Å². The molecule has 8 nitrogen and oxygen atoms in total. The van der Waals surface area contributed by atoms with Gasteiger partial charge in [-0.2, -0.15) is 5.10 Å². The Hall–Kier alpha value is -3.78. The van der Waals surface area contributed by atoms with Gasteiger partial charge < -0.3 is 9.80 Å². The molecular formula is C31H32ClN7O. The second-order valence-electron chi connectivity index (χ2n) is 11.0. The molecule has 1 amide bonds. The smallest absolute Gasteiger partial charge is 0.228 e. The highest BCUT2D eigenvalue weighted by atomic mass is 35.5. The average Bonchev–Trinajstić information content (AvgIpc) is 3.41. The topological polar surface area (TPSA) is 79.5 Å². The number of aromatic nitrogens is 4. The summed E-state index contributed by atoms with van der Waals surface area (Å²) in [5, 5.41) is 6.23. The first kappa shape index (κ1) is 25.2. The van der Waals surface area contributed by atoms with Crippen molar-refractivity contribution in [3.8, 4) is 0 Å². The van der Waals surface area contributed by atoms with Crippen LogP contribution in [-0.4, -0.2) is 62.9 Å². The minimum atomic E-state index is -0.420. The Kier molecular flexibility index (Phi) is 6.50. The Labute approximate surface area is 238 Å². The summed E-state index contributed by atoms with van der Waals surface area (Å²) >= 11 is 6.39. The molecule has 2 atom stereocenters. The minimum absolute atomic E-state index is 0.112. The number of hydrogen-bond acceptors (Lipinski definition) is 6. The van der Waals surface area contributed by atoms with E-state index in [0.29, 0.717) is 37.7 Å². The zero-order chi connectivity index (χ0) is 27.1. The fourth-order valence-electron chi connectivity index (χ4n) is 6.85. The SMILES string of the molecule is O=C(C1CCCCC12N=CCc1ccccc12)N1CCN(c2ncnc3c2cnn3Cc2ccccc2Cl)CC1. The number of nitrogens with zero attached hydrogens (tertiary/aromatic N) is 7. The number of carbonyl (C=O) groups excluding carboxylic acids is 1. The van der Waals surface area contributed by atoms with E-state index in [1.165, 1.54) is 11.1 Å². The van der Waals surface area contributed by atoms with Crippen molar-refractivity contribution in [2.45, 2.75) is 44.2 Å². The van der Waals surface area contributed by atoms with Crippen LogP contribution in [0.3, 0.4) is 0 Å². The number of halogens is 1. The van der Waals surface area contributed by atoms with E-state index in [0.717, 1.165) is 54.5 Å². The molecule has 2 aromatic carbocycles. The lowest BCUT2D eigenvalue weighted by Crippen LogP contribution is -2.54. The fraction of sp³-hybridized carbons (Fsp3) is 0.387.